The number of aromatic nitrogens is 1. The fourth-order valence-electron chi connectivity index (χ4n) is 3.96. The number of hydrogen-bond donors (Lipinski definition) is 1. The molecule has 2 aromatic carbocycles. The molecule has 0 bridgehead atoms. The van der Waals surface area contributed by atoms with E-state index in [1.165, 1.54) is 0 Å². The summed E-state index contributed by atoms with van der Waals surface area (Å²) in [7, 11) is -3.63. The molecule has 2 aliphatic rings. The summed E-state index contributed by atoms with van der Waals surface area (Å²) in [6.07, 6.45) is 2.54. The van der Waals surface area contributed by atoms with Crippen molar-refractivity contribution in [1.29, 1.82) is 0 Å². The van der Waals surface area contributed by atoms with Crippen molar-refractivity contribution in [3.8, 4) is 0 Å². The Labute approximate surface area is 167 Å². The van der Waals surface area contributed by atoms with Crippen LogP contribution in [0.15, 0.2) is 47.4 Å². The van der Waals surface area contributed by atoms with Crippen molar-refractivity contribution in [3.05, 3.63) is 53.0 Å². The Bertz CT molecular complexity index is 1150. The van der Waals surface area contributed by atoms with E-state index in [9.17, 15) is 13.2 Å². The van der Waals surface area contributed by atoms with Crippen molar-refractivity contribution in [2.24, 2.45) is 0 Å². The van der Waals surface area contributed by atoms with E-state index in [0.29, 0.717) is 25.1 Å². The number of amides is 1. The Kier molecular flexibility index (Phi) is 4.22. The van der Waals surface area contributed by atoms with Gasteiger partial charge in [0, 0.05) is 18.7 Å². The van der Waals surface area contributed by atoms with Crippen LogP contribution in [-0.2, 0) is 21.2 Å². The highest BCUT2D eigenvalue weighted by Gasteiger charge is 2.38. The summed E-state index contributed by atoms with van der Waals surface area (Å²) in [4.78, 5) is 16.5. The van der Waals surface area contributed by atoms with E-state index in [0.717, 1.165) is 33.6 Å². The lowest BCUT2D eigenvalue weighted by atomic mass is 10.0. The van der Waals surface area contributed by atoms with Crippen LogP contribution in [0, 0.1) is 0 Å². The van der Waals surface area contributed by atoms with E-state index in [1.54, 1.807) is 33.8 Å². The first-order valence-electron chi connectivity index (χ1n) is 9.32. The molecule has 8 heteroatoms. The highest BCUT2D eigenvalue weighted by Crippen LogP contribution is 2.40. The molecular weight excluding hydrogens is 394 g/mol. The van der Waals surface area contributed by atoms with Crippen molar-refractivity contribution in [1.82, 2.24) is 9.29 Å². The second-order valence-electron chi connectivity index (χ2n) is 7.16. The van der Waals surface area contributed by atoms with Gasteiger partial charge in [0.1, 0.15) is 5.01 Å². The van der Waals surface area contributed by atoms with Gasteiger partial charge in [-0.25, -0.2) is 13.4 Å². The molecule has 0 saturated carbocycles. The van der Waals surface area contributed by atoms with Gasteiger partial charge in [0.2, 0.25) is 15.9 Å². The maximum absolute atomic E-state index is 13.4. The monoisotopic (exact) mass is 413 g/mol. The molecule has 0 unspecified atom stereocenters. The van der Waals surface area contributed by atoms with E-state index in [4.69, 9.17) is 4.98 Å². The average Bonchev–Trinajstić information content (AvgIpc) is 3.34. The number of hydrogen-bond acceptors (Lipinski definition) is 5. The standard InChI is InChI=1S/C20H19N3O3S2/c24-19-10-7-13-12-14(8-9-15(13)21-19)28(25,26)23-11-3-5-17(23)20-22-16-4-1-2-6-18(16)27-20/h1-2,4,6,8-9,12,17H,3,5,7,10-11H2,(H,21,24)/t17-/m0/s1. The van der Waals surface area contributed by atoms with Gasteiger partial charge in [0.25, 0.3) is 0 Å². The smallest absolute Gasteiger partial charge is 0.243 e. The maximum atomic E-state index is 13.4. The lowest BCUT2D eigenvalue weighted by Gasteiger charge is -2.24. The number of sulfonamides is 1. The molecular formula is C20H19N3O3S2. The van der Waals surface area contributed by atoms with Crippen LogP contribution in [0.2, 0.25) is 0 Å². The minimum Gasteiger partial charge on any atom is -0.326 e. The Morgan fingerprint density at radius 3 is 2.86 bits per heavy atom. The van der Waals surface area contributed by atoms with Crippen molar-refractivity contribution in [3.63, 3.8) is 0 Å². The third-order valence-electron chi connectivity index (χ3n) is 5.38. The average molecular weight is 414 g/mol. The predicted molar refractivity (Wildman–Crippen MR) is 109 cm³/mol. The number of carbonyl (C=O) groups is 1. The summed E-state index contributed by atoms with van der Waals surface area (Å²) in [5.74, 6) is -0.0291. The third kappa shape index (κ3) is 2.92. The molecule has 1 N–H and O–H groups in total. The number of fused-ring (bicyclic) bond motifs is 2. The molecule has 1 saturated heterocycles. The van der Waals surface area contributed by atoms with Gasteiger partial charge in [-0.2, -0.15) is 4.31 Å². The molecule has 1 fully saturated rings. The van der Waals surface area contributed by atoms with Gasteiger partial charge in [0.15, 0.2) is 0 Å². The van der Waals surface area contributed by atoms with Gasteiger partial charge in [-0.1, -0.05) is 12.1 Å². The second-order valence-corrected chi connectivity index (χ2v) is 10.1. The molecule has 6 nitrogen and oxygen atoms in total. The number of benzene rings is 2. The first-order chi connectivity index (χ1) is 13.5. The highest BCUT2D eigenvalue weighted by molar-refractivity contribution is 7.89. The van der Waals surface area contributed by atoms with Crippen LogP contribution in [0.3, 0.4) is 0 Å². The van der Waals surface area contributed by atoms with Crippen molar-refractivity contribution in [2.75, 3.05) is 11.9 Å². The van der Waals surface area contributed by atoms with Crippen LogP contribution in [0.5, 0.6) is 0 Å². The summed E-state index contributed by atoms with van der Waals surface area (Å²) in [5, 5.41) is 3.66. The first-order valence-corrected chi connectivity index (χ1v) is 11.6. The zero-order valence-electron chi connectivity index (χ0n) is 15.1. The van der Waals surface area contributed by atoms with Crippen molar-refractivity contribution >= 4 is 43.2 Å². The third-order valence-corrected chi connectivity index (χ3v) is 8.42. The van der Waals surface area contributed by atoms with Gasteiger partial charge >= 0.3 is 0 Å². The number of aryl methyl sites for hydroxylation is 1. The zero-order chi connectivity index (χ0) is 19.3. The molecule has 3 aromatic rings. The van der Waals surface area contributed by atoms with Crippen LogP contribution < -0.4 is 5.32 Å². The minimum absolute atomic E-state index is 0.0291. The largest absolute Gasteiger partial charge is 0.326 e. The van der Waals surface area contributed by atoms with Crippen LogP contribution >= 0.6 is 11.3 Å². The van der Waals surface area contributed by atoms with E-state index in [1.807, 2.05) is 24.3 Å². The van der Waals surface area contributed by atoms with Gasteiger partial charge < -0.3 is 5.32 Å². The molecule has 28 heavy (non-hydrogen) atoms. The molecule has 1 atom stereocenters. The molecule has 0 spiro atoms. The van der Waals surface area contributed by atoms with Gasteiger partial charge in [-0.05, 0) is 55.2 Å². The number of para-hydroxylation sites is 1. The molecule has 1 amide bonds. The predicted octanol–water partition coefficient (Wildman–Crippen LogP) is 3.71. The Balaban J connectivity index is 1.50. The molecule has 0 radical (unpaired) electrons. The summed E-state index contributed by atoms with van der Waals surface area (Å²) >= 11 is 1.57. The SMILES string of the molecule is O=C1CCc2cc(S(=O)(=O)N3CCC[C@H]3c3nc4ccccc4s3)ccc2N1. The number of anilines is 1. The lowest BCUT2D eigenvalue weighted by Crippen LogP contribution is -2.31. The van der Waals surface area contributed by atoms with Crippen LogP contribution in [-0.4, -0.2) is 30.2 Å². The number of rotatable bonds is 3. The molecule has 5 rings (SSSR count). The topological polar surface area (TPSA) is 79.4 Å². The molecule has 0 aliphatic carbocycles. The van der Waals surface area contributed by atoms with Gasteiger partial charge in [-0.15, -0.1) is 11.3 Å². The maximum Gasteiger partial charge on any atom is 0.243 e. The quantitative estimate of drug-likeness (QED) is 0.710. The fraction of sp³-hybridized carbons (Fsp3) is 0.300. The summed E-state index contributed by atoms with van der Waals surface area (Å²) in [5.41, 5.74) is 2.49. The molecule has 144 valence electrons. The number of nitrogens with one attached hydrogen (secondary N) is 1. The van der Waals surface area contributed by atoms with Crippen LogP contribution in [0.25, 0.3) is 10.2 Å². The number of nitrogens with zero attached hydrogens (tertiary/aromatic N) is 2. The Morgan fingerprint density at radius 2 is 2.00 bits per heavy atom. The Morgan fingerprint density at radius 1 is 1.14 bits per heavy atom. The number of carbonyl (C=O) groups excluding carboxylic acids is 1. The Hall–Kier alpha value is -2.29. The highest BCUT2D eigenvalue weighted by atomic mass is 32.2. The summed E-state index contributed by atoms with van der Waals surface area (Å²) < 4.78 is 29.5. The van der Waals surface area contributed by atoms with Gasteiger partial charge in [-0.3, -0.25) is 4.79 Å². The minimum atomic E-state index is -3.63. The lowest BCUT2D eigenvalue weighted by molar-refractivity contribution is -0.116. The molecule has 2 aliphatic heterocycles. The van der Waals surface area contributed by atoms with Crippen LogP contribution in [0.4, 0.5) is 5.69 Å². The zero-order valence-corrected chi connectivity index (χ0v) is 16.7. The van der Waals surface area contributed by atoms with Gasteiger partial charge in [0.05, 0.1) is 21.2 Å². The number of thiazole rings is 1. The summed E-state index contributed by atoms with van der Waals surface area (Å²) in [6.45, 7) is 0.497. The normalized spacial score (nSPS) is 20.3. The van der Waals surface area contributed by atoms with Crippen LogP contribution in [0.1, 0.15) is 35.9 Å². The second kappa shape index (κ2) is 6.65. The van der Waals surface area contributed by atoms with E-state index < -0.39 is 10.0 Å². The van der Waals surface area contributed by atoms with E-state index in [2.05, 4.69) is 5.32 Å². The van der Waals surface area contributed by atoms with Crippen molar-refractivity contribution in [2.45, 2.75) is 36.6 Å². The first kappa shape index (κ1) is 17.8. The van der Waals surface area contributed by atoms with E-state index >= 15 is 0 Å². The van der Waals surface area contributed by atoms with Crippen molar-refractivity contribution < 1.29 is 13.2 Å². The fourth-order valence-corrected chi connectivity index (χ4v) is 6.86. The summed E-state index contributed by atoms with van der Waals surface area (Å²) in [6, 6.07) is 12.7. The molecule has 3 heterocycles. The molecule has 1 aromatic heterocycles. The van der Waals surface area contributed by atoms with E-state index in [-0.39, 0.29) is 16.8 Å².